The first-order valence-electron chi connectivity index (χ1n) is 7.90. The van der Waals surface area contributed by atoms with Crippen molar-refractivity contribution in [3.63, 3.8) is 0 Å². The highest BCUT2D eigenvalue weighted by molar-refractivity contribution is 5.76. The van der Waals surface area contributed by atoms with Crippen molar-refractivity contribution in [3.05, 3.63) is 22.5 Å². The second-order valence-corrected chi connectivity index (χ2v) is 5.94. The zero-order valence-corrected chi connectivity index (χ0v) is 13.0. The third-order valence-corrected chi connectivity index (χ3v) is 4.44. The molecule has 0 radical (unpaired) electrons. The van der Waals surface area contributed by atoms with Crippen molar-refractivity contribution in [2.45, 2.75) is 25.4 Å². The summed E-state index contributed by atoms with van der Waals surface area (Å²) in [7, 11) is 0. The predicted molar refractivity (Wildman–Crippen MR) is 80.9 cm³/mol. The van der Waals surface area contributed by atoms with Crippen LogP contribution in [0.4, 0.5) is 5.69 Å². The molecule has 126 valence electrons. The van der Waals surface area contributed by atoms with Gasteiger partial charge in [0.05, 0.1) is 18.1 Å². The van der Waals surface area contributed by atoms with Gasteiger partial charge >= 0.3 is 5.69 Å². The fourth-order valence-electron chi connectivity index (χ4n) is 3.19. The van der Waals surface area contributed by atoms with E-state index in [0.717, 1.165) is 45.7 Å². The lowest BCUT2D eigenvalue weighted by Crippen LogP contribution is -2.53. The van der Waals surface area contributed by atoms with Crippen LogP contribution < -0.4 is 0 Å². The molecule has 2 aliphatic rings. The van der Waals surface area contributed by atoms with Crippen LogP contribution in [-0.2, 0) is 16.1 Å². The number of amides is 1. The molecule has 0 aliphatic carbocycles. The molecular formula is C14H21N5O4. The maximum Gasteiger partial charge on any atom is 0.307 e. The first-order chi connectivity index (χ1) is 11.1. The number of rotatable bonds is 4. The van der Waals surface area contributed by atoms with Crippen LogP contribution in [-0.4, -0.2) is 75.8 Å². The quantitative estimate of drug-likeness (QED) is 0.577. The molecule has 0 spiro atoms. The molecule has 1 amide bonds. The van der Waals surface area contributed by atoms with E-state index in [2.05, 4.69) is 10.00 Å². The van der Waals surface area contributed by atoms with Gasteiger partial charge in [0.2, 0.25) is 5.91 Å². The summed E-state index contributed by atoms with van der Waals surface area (Å²) < 4.78 is 6.71. The van der Waals surface area contributed by atoms with Crippen LogP contribution in [0.3, 0.4) is 0 Å². The van der Waals surface area contributed by atoms with Gasteiger partial charge in [0.15, 0.2) is 0 Å². The Balaban J connectivity index is 1.56. The molecule has 0 aromatic carbocycles. The zero-order valence-electron chi connectivity index (χ0n) is 13.0. The lowest BCUT2D eigenvalue weighted by Gasteiger charge is -2.40. The molecule has 9 heteroatoms. The average molecular weight is 323 g/mol. The van der Waals surface area contributed by atoms with Gasteiger partial charge in [-0.3, -0.25) is 24.5 Å². The molecule has 1 unspecified atom stereocenters. The summed E-state index contributed by atoms with van der Waals surface area (Å²) in [6.45, 7) is 4.83. The van der Waals surface area contributed by atoms with Crippen LogP contribution in [0.25, 0.3) is 0 Å². The van der Waals surface area contributed by atoms with E-state index in [9.17, 15) is 14.9 Å². The minimum Gasteiger partial charge on any atom is -0.379 e. The number of morpholine rings is 1. The average Bonchev–Trinajstić information content (AvgIpc) is 3.04. The highest BCUT2D eigenvalue weighted by Crippen LogP contribution is 2.18. The summed E-state index contributed by atoms with van der Waals surface area (Å²) in [6, 6.07) is 0.378. The van der Waals surface area contributed by atoms with E-state index < -0.39 is 4.92 Å². The number of hydrogen-bond donors (Lipinski definition) is 0. The Hall–Kier alpha value is -2.00. The van der Waals surface area contributed by atoms with Gasteiger partial charge in [-0.2, -0.15) is 5.10 Å². The number of ether oxygens (including phenoxy) is 1. The van der Waals surface area contributed by atoms with E-state index in [1.807, 2.05) is 4.90 Å². The number of aromatic nitrogens is 2. The lowest BCUT2D eigenvalue weighted by molar-refractivity contribution is -0.385. The SMILES string of the molecule is O=C(Cn1cc([N+](=O)[O-])cn1)N1CCCC(N2CCOCC2)C1. The van der Waals surface area contributed by atoms with Gasteiger partial charge in [0, 0.05) is 32.2 Å². The maximum atomic E-state index is 12.4. The van der Waals surface area contributed by atoms with Crippen LogP contribution in [0.5, 0.6) is 0 Å². The van der Waals surface area contributed by atoms with Crippen molar-refractivity contribution in [1.29, 1.82) is 0 Å². The van der Waals surface area contributed by atoms with E-state index in [-0.39, 0.29) is 18.1 Å². The van der Waals surface area contributed by atoms with Gasteiger partial charge < -0.3 is 9.64 Å². The molecule has 3 heterocycles. The summed E-state index contributed by atoms with van der Waals surface area (Å²) in [4.78, 5) is 26.8. The first-order valence-corrected chi connectivity index (χ1v) is 7.90. The van der Waals surface area contributed by atoms with Gasteiger partial charge in [-0.15, -0.1) is 0 Å². The number of carbonyl (C=O) groups excluding carboxylic acids is 1. The van der Waals surface area contributed by atoms with E-state index in [1.165, 1.54) is 17.1 Å². The molecule has 2 fully saturated rings. The lowest BCUT2D eigenvalue weighted by atomic mass is 10.0. The zero-order chi connectivity index (χ0) is 16.2. The van der Waals surface area contributed by atoms with Gasteiger partial charge in [0.25, 0.3) is 0 Å². The van der Waals surface area contributed by atoms with Crippen LogP contribution in [0.2, 0.25) is 0 Å². The predicted octanol–water partition coefficient (Wildman–Crippen LogP) is 0.115. The van der Waals surface area contributed by atoms with Crippen molar-refractivity contribution in [1.82, 2.24) is 19.6 Å². The molecule has 0 N–H and O–H groups in total. The third kappa shape index (κ3) is 3.85. The van der Waals surface area contributed by atoms with Gasteiger partial charge in [-0.1, -0.05) is 0 Å². The summed E-state index contributed by atoms with van der Waals surface area (Å²) in [6.07, 6.45) is 4.53. The summed E-state index contributed by atoms with van der Waals surface area (Å²) in [5.41, 5.74) is -0.0948. The Kier molecular flexibility index (Phi) is 4.87. The van der Waals surface area contributed by atoms with Crippen molar-refractivity contribution in [2.75, 3.05) is 39.4 Å². The van der Waals surface area contributed by atoms with Crippen molar-refractivity contribution >= 4 is 11.6 Å². The molecule has 23 heavy (non-hydrogen) atoms. The highest BCUT2D eigenvalue weighted by Gasteiger charge is 2.29. The Morgan fingerprint density at radius 1 is 1.39 bits per heavy atom. The second-order valence-electron chi connectivity index (χ2n) is 5.94. The Bertz CT molecular complexity index is 569. The summed E-state index contributed by atoms with van der Waals surface area (Å²) in [5.74, 6) is -0.0408. The van der Waals surface area contributed by atoms with E-state index in [1.54, 1.807) is 0 Å². The number of nitrogens with zero attached hydrogens (tertiary/aromatic N) is 5. The molecule has 0 saturated carbocycles. The standard InChI is InChI=1S/C14H21N5O4/c20-14(11-18-10-13(8-15-18)19(21)22)17-3-1-2-12(9-17)16-4-6-23-7-5-16/h8,10,12H,1-7,9,11H2. The Morgan fingerprint density at radius 3 is 2.87 bits per heavy atom. The van der Waals surface area contributed by atoms with E-state index in [0.29, 0.717) is 12.6 Å². The fraction of sp³-hybridized carbons (Fsp3) is 0.714. The molecule has 1 atom stereocenters. The minimum absolute atomic E-state index is 0.0408. The number of carbonyl (C=O) groups is 1. The third-order valence-electron chi connectivity index (χ3n) is 4.44. The highest BCUT2D eigenvalue weighted by atomic mass is 16.6. The number of likely N-dealkylation sites (tertiary alicyclic amines) is 1. The first kappa shape index (κ1) is 15.9. The van der Waals surface area contributed by atoms with Crippen LogP contribution in [0.15, 0.2) is 12.4 Å². The molecular weight excluding hydrogens is 302 g/mol. The minimum atomic E-state index is -0.511. The molecule has 1 aromatic heterocycles. The molecule has 2 saturated heterocycles. The van der Waals surface area contributed by atoms with Crippen molar-refractivity contribution in [2.24, 2.45) is 0 Å². The maximum absolute atomic E-state index is 12.4. The number of hydrogen-bond acceptors (Lipinski definition) is 6. The van der Waals surface area contributed by atoms with Crippen molar-refractivity contribution in [3.8, 4) is 0 Å². The summed E-state index contributed by atoms with van der Waals surface area (Å²) >= 11 is 0. The van der Waals surface area contributed by atoms with E-state index in [4.69, 9.17) is 4.74 Å². The Labute approximate surface area is 133 Å². The molecule has 3 rings (SSSR count). The second kappa shape index (κ2) is 7.05. The topological polar surface area (TPSA) is 93.7 Å². The fourth-order valence-corrected chi connectivity index (χ4v) is 3.19. The number of piperidine rings is 1. The van der Waals surface area contributed by atoms with Crippen LogP contribution in [0.1, 0.15) is 12.8 Å². The Morgan fingerprint density at radius 2 is 2.17 bits per heavy atom. The normalized spacial score (nSPS) is 23.0. The molecule has 9 nitrogen and oxygen atoms in total. The smallest absolute Gasteiger partial charge is 0.307 e. The monoisotopic (exact) mass is 323 g/mol. The number of nitro groups is 1. The van der Waals surface area contributed by atoms with E-state index >= 15 is 0 Å². The van der Waals surface area contributed by atoms with Gasteiger partial charge in [-0.25, -0.2) is 0 Å². The van der Waals surface area contributed by atoms with Crippen molar-refractivity contribution < 1.29 is 14.5 Å². The molecule has 0 bridgehead atoms. The van der Waals surface area contributed by atoms with Gasteiger partial charge in [0.1, 0.15) is 18.9 Å². The summed E-state index contributed by atoms with van der Waals surface area (Å²) in [5, 5.41) is 14.5. The largest absolute Gasteiger partial charge is 0.379 e. The van der Waals surface area contributed by atoms with Gasteiger partial charge in [-0.05, 0) is 12.8 Å². The van der Waals surface area contributed by atoms with Crippen LogP contribution >= 0.6 is 0 Å². The molecule has 2 aliphatic heterocycles. The van der Waals surface area contributed by atoms with Crippen LogP contribution in [0, 0.1) is 10.1 Å². The molecule has 1 aromatic rings.